The van der Waals surface area contributed by atoms with Gasteiger partial charge in [-0.3, -0.25) is 0 Å². The first-order chi connectivity index (χ1) is 5.47. The molecule has 1 aliphatic rings. The van der Waals surface area contributed by atoms with Crippen molar-refractivity contribution in [2.45, 2.75) is 51.5 Å². The molecular weight excluding hydrogens is 150 g/mol. The molecule has 0 aromatic carbocycles. The van der Waals surface area contributed by atoms with Crippen LogP contribution < -0.4 is 5.73 Å². The number of aliphatic hydroxyl groups is 1. The maximum Gasteiger partial charge on any atom is 0.0448 e. The quantitative estimate of drug-likeness (QED) is 0.664. The van der Waals surface area contributed by atoms with E-state index in [9.17, 15) is 0 Å². The third kappa shape index (κ3) is 2.46. The topological polar surface area (TPSA) is 46.2 Å². The van der Waals surface area contributed by atoms with Gasteiger partial charge < -0.3 is 10.8 Å². The van der Waals surface area contributed by atoms with Crippen molar-refractivity contribution in [3.05, 3.63) is 0 Å². The van der Waals surface area contributed by atoms with E-state index in [4.69, 9.17) is 10.8 Å². The third-order valence-electron chi connectivity index (χ3n) is 3.21. The van der Waals surface area contributed by atoms with Crippen molar-refractivity contribution in [1.82, 2.24) is 0 Å². The lowest BCUT2D eigenvalue weighted by molar-refractivity contribution is 0.135. The molecule has 1 saturated carbocycles. The van der Waals surface area contributed by atoms with Crippen LogP contribution in [0.3, 0.4) is 0 Å². The number of aliphatic hydroxyl groups excluding tert-OH is 1. The molecule has 12 heavy (non-hydrogen) atoms. The van der Waals surface area contributed by atoms with Gasteiger partial charge >= 0.3 is 0 Å². The van der Waals surface area contributed by atoms with Crippen LogP contribution in [0, 0.1) is 5.41 Å². The Bertz CT molecular complexity index is 144. The van der Waals surface area contributed by atoms with Crippen LogP contribution in [0.15, 0.2) is 0 Å². The Labute approximate surface area is 75.2 Å². The second kappa shape index (κ2) is 3.35. The van der Waals surface area contributed by atoms with Crippen molar-refractivity contribution in [3.8, 4) is 0 Å². The van der Waals surface area contributed by atoms with Crippen molar-refractivity contribution in [2.75, 3.05) is 6.61 Å². The van der Waals surface area contributed by atoms with Crippen LogP contribution in [0.2, 0.25) is 0 Å². The van der Waals surface area contributed by atoms with Crippen LogP contribution in [-0.4, -0.2) is 17.3 Å². The zero-order valence-electron chi connectivity index (χ0n) is 8.27. The lowest BCUT2D eigenvalue weighted by atomic mass is 9.69. The van der Waals surface area contributed by atoms with E-state index in [-0.39, 0.29) is 12.1 Å². The van der Waals surface area contributed by atoms with Crippen molar-refractivity contribution in [2.24, 2.45) is 11.1 Å². The van der Waals surface area contributed by atoms with E-state index in [1.54, 1.807) is 0 Å². The van der Waals surface area contributed by atoms with Gasteiger partial charge in [-0.2, -0.15) is 0 Å². The zero-order valence-corrected chi connectivity index (χ0v) is 8.27. The van der Waals surface area contributed by atoms with Crippen LogP contribution in [0.4, 0.5) is 0 Å². The average Bonchev–Trinajstić information content (AvgIpc) is 1.98. The Morgan fingerprint density at radius 1 is 1.17 bits per heavy atom. The molecule has 0 radical (unpaired) electrons. The largest absolute Gasteiger partial charge is 0.396 e. The molecule has 1 aliphatic carbocycles. The second-order valence-corrected chi connectivity index (χ2v) is 5.00. The molecule has 0 aliphatic heterocycles. The van der Waals surface area contributed by atoms with Gasteiger partial charge in [-0.05, 0) is 37.5 Å². The molecular formula is C10H21NO. The molecule has 1 fully saturated rings. The average molecular weight is 171 g/mol. The summed E-state index contributed by atoms with van der Waals surface area (Å²) in [5.74, 6) is 0. The number of hydrogen-bond acceptors (Lipinski definition) is 2. The zero-order chi connectivity index (χ0) is 9.24. The van der Waals surface area contributed by atoms with Crippen LogP contribution in [0.5, 0.6) is 0 Å². The van der Waals surface area contributed by atoms with Crippen molar-refractivity contribution in [1.29, 1.82) is 0 Å². The van der Waals surface area contributed by atoms with Crippen LogP contribution >= 0.6 is 0 Å². The van der Waals surface area contributed by atoms with Gasteiger partial charge in [0.25, 0.3) is 0 Å². The predicted molar refractivity (Wildman–Crippen MR) is 50.9 cm³/mol. The van der Waals surface area contributed by atoms with Crippen molar-refractivity contribution < 1.29 is 5.11 Å². The highest BCUT2D eigenvalue weighted by atomic mass is 16.3. The highest BCUT2D eigenvalue weighted by Gasteiger charge is 2.34. The van der Waals surface area contributed by atoms with E-state index in [2.05, 4.69) is 13.8 Å². The second-order valence-electron chi connectivity index (χ2n) is 5.00. The monoisotopic (exact) mass is 171 g/mol. The van der Waals surface area contributed by atoms with Gasteiger partial charge in [0, 0.05) is 12.1 Å². The van der Waals surface area contributed by atoms with E-state index in [1.807, 2.05) is 0 Å². The van der Waals surface area contributed by atoms with E-state index in [0.717, 1.165) is 19.3 Å². The third-order valence-corrected chi connectivity index (χ3v) is 3.21. The Balaban J connectivity index is 2.44. The normalized spacial score (nSPS) is 27.0. The van der Waals surface area contributed by atoms with E-state index >= 15 is 0 Å². The number of hydrogen-bond donors (Lipinski definition) is 2. The number of nitrogens with two attached hydrogens (primary N) is 1. The highest BCUT2D eigenvalue weighted by Crippen LogP contribution is 2.40. The van der Waals surface area contributed by atoms with Crippen LogP contribution in [-0.2, 0) is 0 Å². The Morgan fingerprint density at radius 3 is 2.08 bits per heavy atom. The molecule has 0 aromatic rings. The van der Waals surface area contributed by atoms with Crippen LogP contribution in [0.1, 0.15) is 46.0 Å². The van der Waals surface area contributed by atoms with Gasteiger partial charge in [-0.15, -0.1) is 0 Å². The summed E-state index contributed by atoms with van der Waals surface area (Å²) in [4.78, 5) is 0. The molecule has 2 nitrogen and oxygen atoms in total. The molecule has 0 unspecified atom stereocenters. The van der Waals surface area contributed by atoms with Gasteiger partial charge in [-0.1, -0.05) is 13.8 Å². The molecule has 0 spiro atoms. The molecule has 0 atom stereocenters. The molecule has 0 saturated heterocycles. The molecule has 0 amide bonds. The van der Waals surface area contributed by atoms with E-state index < -0.39 is 0 Å². The van der Waals surface area contributed by atoms with E-state index in [0.29, 0.717) is 5.41 Å². The molecule has 2 heteroatoms. The number of rotatable bonds is 2. The fourth-order valence-electron chi connectivity index (χ4n) is 1.90. The smallest absolute Gasteiger partial charge is 0.0448 e. The summed E-state index contributed by atoms with van der Waals surface area (Å²) in [5.41, 5.74) is 6.54. The predicted octanol–water partition coefficient (Wildman–Crippen LogP) is 1.67. The van der Waals surface area contributed by atoms with Gasteiger partial charge in [-0.25, -0.2) is 0 Å². The van der Waals surface area contributed by atoms with Crippen molar-refractivity contribution in [3.63, 3.8) is 0 Å². The van der Waals surface area contributed by atoms with Gasteiger partial charge in [0.1, 0.15) is 0 Å². The lowest BCUT2D eigenvalue weighted by Gasteiger charge is -2.41. The molecule has 0 heterocycles. The summed E-state index contributed by atoms with van der Waals surface area (Å²) in [7, 11) is 0. The molecule has 1 rings (SSSR count). The summed E-state index contributed by atoms with van der Waals surface area (Å²) in [6.45, 7) is 4.83. The minimum absolute atomic E-state index is 0.0652. The fourth-order valence-corrected chi connectivity index (χ4v) is 1.90. The van der Waals surface area contributed by atoms with Gasteiger partial charge in [0.15, 0.2) is 0 Å². The maximum absolute atomic E-state index is 8.83. The maximum atomic E-state index is 8.83. The van der Waals surface area contributed by atoms with Crippen molar-refractivity contribution >= 4 is 0 Å². The Hall–Kier alpha value is -0.0800. The summed E-state index contributed by atoms with van der Waals surface area (Å²) >= 11 is 0. The van der Waals surface area contributed by atoms with Gasteiger partial charge in [0.05, 0.1) is 0 Å². The van der Waals surface area contributed by atoms with Crippen LogP contribution in [0.25, 0.3) is 0 Å². The molecule has 0 aromatic heterocycles. The summed E-state index contributed by atoms with van der Waals surface area (Å²) < 4.78 is 0. The molecule has 72 valence electrons. The minimum atomic E-state index is -0.0652. The first-order valence-corrected chi connectivity index (χ1v) is 4.87. The Morgan fingerprint density at radius 2 is 1.67 bits per heavy atom. The minimum Gasteiger partial charge on any atom is -0.396 e. The van der Waals surface area contributed by atoms with Gasteiger partial charge in [0.2, 0.25) is 0 Å². The first-order valence-electron chi connectivity index (χ1n) is 4.87. The Kier molecular flexibility index (Phi) is 2.79. The standard InChI is InChI=1S/C10H21NO/c1-9(2)3-5-10(11,6-4-9)7-8-12/h12H,3-8,11H2,1-2H3. The lowest BCUT2D eigenvalue weighted by Crippen LogP contribution is -2.45. The van der Waals surface area contributed by atoms with E-state index in [1.165, 1.54) is 12.8 Å². The SMILES string of the molecule is CC1(C)CCC(N)(CCO)CC1. The summed E-state index contributed by atoms with van der Waals surface area (Å²) in [6, 6.07) is 0. The molecule has 0 bridgehead atoms. The summed E-state index contributed by atoms with van der Waals surface area (Å²) in [6.07, 6.45) is 5.30. The molecule has 3 N–H and O–H groups in total. The summed E-state index contributed by atoms with van der Waals surface area (Å²) in [5, 5.41) is 8.83. The first kappa shape index (κ1) is 10.0. The highest BCUT2D eigenvalue weighted by molar-refractivity contribution is 4.92. The fraction of sp³-hybridized carbons (Fsp3) is 1.00.